The van der Waals surface area contributed by atoms with Gasteiger partial charge in [-0.25, -0.2) is 0 Å². The molecule has 0 amide bonds. The van der Waals surface area contributed by atoms with Gasteiger partial charge in [0.2, 0.25) is 0 Å². The molecule has 4 fully saturated rings. The molecular weight excluding hydrogens is 188 g/mol. The van der Waals surface area contributed by atoms with E-state index in [2.05, 4.69) is 0 Å². The van der Waals surface area contributed by atoms with Crippen molar-refractivity contribution < 1.29 is 9.53 Å². The SMILES string of the molecule is COC(=O)C12CC3CC4CC(C1)C4(C3)C2. The first-order valence-corrected chi connectivity index (χ1v) is 6.27. The lowest BCUT2D eigenvalue weighted by molar-refractivity contribution is -0.155. The molecule has 0 saturated heterocycles. The van der Waals surface area contributed by atoms with Crippen LogP contribution in [0.3, 0.4) is 0 Å². The second kappa shape index (κ2) is 2.26. The number of hydrogen-bond acceptors (Lipinski definition) is 2. The van der Waals surface area contributed by atoms with Crippen LogP contribution in [0.4, 0.5) is 0 Å². The first-order chi connectivity index (χ1) is 7.18. The molecule has 0 aromatic heterocycles. The summed E-state index contributed by atoms with van der Waals surface area (Å²) in [4.78, 5) is 12.0. The minimum atomic E-state index is -0.0480. The van der Waals surface area contributed by atoms with Gasteiger partial charge in [0.1, 0.15) is 0 Å². The van der Waals surface area contributed by atoms with Crippen LogP contribution in [-0.4, -0.2) is 13.1 Å². The van der Waals surface area contributed by atoms with Crippen molar-refractivity contribution in [2.24, 2.45) is 28.6 Å². The Balaban J connectivity index is 1.78. The van der Waals surface area contributed by atoms with Crippen LogP contribution in [0.2, 0.25) is 0 Å². The number of carbonyl (C=O) groups is 1. The highest BCUT2D eigenvalue weighted by molar-refractivity contribution is 5.78. The van der Waals surface area contributed by atoms with Crippen LogP contribution in [0.5, 0.6) is 0 Å². The predicted molar refractivity (Wildman–Crippen MR) is 55.1 cm³/mol. The third-order valence-electron chi connectivity index (χ3n) is 6.08. The van der Waals surface area contributed by atoms with E-state index in [-0.39, 0.29) is 11.4 Å². The van der Waals surface area contributed by atoms with Crippen molar-refractivity contribution in [2.75, 3.05) is 7.11 Å². The van der Waals surface area contributed by atoms with Crippen LogP contribution in [0.15, 0.2) is 0 Å². The molecule has 0 aromatic rings. The summed E-state index contributed by atoms with van der Waals surface area (Å²) in [6.45, 7) is 0. The molecule has 3 bridgehead atoms. The molecule has 82 valence electrons. The maximum absolute atomic E-state index is 12.0. The van der Waals surface area contributed by atoms with Gasteiger partial charge in [-0.1, -0.05) is 0 Å². The van der Waals surface area contributed by atoms with E-state index in [1.54, 1.807) is 7.11 Å². The second-order valence-electron chi connectivity index (χ2n) is 6.53. The first-order valence-electron chi connectivity index (χ1n) is 6.27. The van der Waals surface area contributed by atoms with Crippen LogP contribution in [0, 0.1) is 28.6 Å². The Kier molecular flexibility index (Phi) is 1.29. The topological polar surface area (TPSA) is 26.3 Å². The predicted octanol–water partition coefficient (Wildman–Crippen LogP) is 2.38. The van der Waals surface area contributed by atoms with Crippen LogP contribution < -0.4 is 0 Å². The van der Waals surface area contributed by atoms with E-state index in [0.29, 0.717) is 5.41 Å². The van der Waals surface area contributed by atoms with Crippen molar-refractivity contribution >= 4 is 5.97 Å². The van der Waals surface area contributed by atoms with Gasteiger partial charge in [0.05, 0.1) is 12.5 Å². The summed E-state index contributed by atoms with van der Waals surface area (Å²) in [7, 11) is 1.56. The van der Waals surface area contributed by atoms with Gasteiger partial charge in [0.15, 0.2) is 0 Å². The Bertz CT molecular complexity index is 346. The van der Waals surface area contributed by atoms with Crippen molar-refractivity contribution in [3.63, 3.8) is 0 Å². The highest BCUT2D eigenvalue weighted by Gasteiger charge is 2.72. The van der Waals surface area contributed by atoms with E-state index in [0.717, 1.165) is 30.6 Å². The Hall–Kier alpha value is -0.530. The van der Waals surface area contributed by atoms with E-state index in [4.69, 9.17) is 4.74 Å². The highest BCUT2D eigenvalue weighted by atomic mass is 16.5. The molecule has 5 unspecified atom stereocenters. The summed E-state index contributed by atoms with van der Waals surface area (Å²) in [5, 5.41) is 0. The molecule has 4 rings (SSSR count). The van der Waals surface area contributed by atoms with Crippen molar-refractivity contribution in [3.8, 4) is 0 Å². The third-order valence-corrected chi connectivity index (χ3v) is 6.08. The molecule has 4 aliphatic carbocycles. The average molecular weight is 206 g/mol. The van der Waals surface area contributed by atoms with Gasteiger partial charge < -0.3 is 4.74 Å². The molecule has 0 aromatic carbocycles. The summed E-state index contributed by atoms with van der Waals surface area (Å²) in [6.07, 6.45) is 7.70. The van der Waals surface area contributed by atoms with Crippen LogP contribution in [0.1, 0.15) is 38.5 Å². The fourth-order valence-corrected chi connectivity index (χ4v) is 5.81. The lowest BCUT2D eigenvalue weighted by Gasteiger charge is -2.49. The molecule has 0 heterocycles. The first kappa shape index (κ1) is 8.60. The summed E-state index contributed by atoms with van der Waals surface area (Å²) in [6, 6.07) is 0. The highest BCUT2D eigenvalue weighted by Crippen LogP contribution is 2.78. The number of hydrogen-bond donors (Lipinski definition) is 0. The summed E-state index contributed by atoms with van der Waals surface area (Å²) < 4.78 is 5.06. The monoisotopic (exact) mass is 206 g/mol. The zero-order chi connectivity index (χ0) is 10.3. The quantitative estimate of drug-likeness (QED) is 0.616. The van der Waals surface area contributed by atoms with Crippen LogP contribution in [0.25, 0.3) is 0 Å². The molecule has 4 aliphatic rings. The van der Waals surface area contributed by atoms with Gasteiger partial charge in [-0.15, -0.1) is 0 Å². The molecule has 4 saturated carbocycles. The summed E-state index contributed by atoms with van der Waals surface area (Å²) in [5.74, 6) is 2.78. The largest absolute Gasteiger partial charge is 0.469 e. The molecule has 0 aliphatic heterocycles. The van der Waals surface area contributed by atoms with Crippen molar-refractivity contribution in [2.45, 2.75) is 38.5 Å². The number of methoxy groups -OCH3 is 1. The third kappa shape index (κ3) is 0.754. The number of ether oxygens (including phenoxy) is 1. The van der Waals surface area contributed by atoms with Crippen LogP contribution >= 0.6 is 0 Å². The van der Waals surface area contributed by atoms with E-state index in [1.165, 1.54) is 25.7 Å². The lowest BCUT2D eigenvalue weighted by Crippen LogP contribution is -2.42. The Morgan fingerprint density at radius 3 is 2.87 bits per heavy atom. The van der Waals surface area contributed by atoms with Gasteiger partial charge in [0.25, 0.3) is 0 Å². The number of carbonyl (C=O) groups excluding carboxylic acids is 1. The number of rotatable bonds is 1. The van der Waals surface area contributed by atoms with Crippen molar-refractivity contribution in [3.05, 3.63) is 0 Å². The number of fused-ring (bicyclic) bond motifs is 2. The molecule has 2 heteroatoms. The van der Waals surface area contributed by atoms with Crippen molar-refractivity contribution in [1.82, 2.24) is 0 Å². The maximum atomic E-state index is 12.0. The normalized spacial score (nSPS) is 58.9. The fourth-order valence-electron chi connectivity index (χ4n) is 5.81. The van der Waals surface area contributed by atoms with Crippen LogP contribution in [-0.2, 0) is 9.53 Å². The van der Waals surface area contributed by atoms with E-state index in [9.17, 15) is 4.79 Å². The van der Waals surface area contributed by atoms with E-state index < -0.39 is 0 Å². The molecule has 15 heavy (non-hydrogen) atoms. The van der Waals surface area contributed by atoms with Gasteiger partial charge in [0, 0.05) is 0 Å². The zero-order valence-corrected chi connectivity index (χ0v) is 9.29. The van der Waals surface area contributed by atoms with E-state index in [1.807, 2.05) is 0 Å². The Morgan fingerprint density at radius 2 is 2.07 bits per heavy atom. The molecule has 2 nitrogen and oxygen atoms in total. The standard InChI is InChI=1S/C13H18O2/c1-15-11(14)12-4-8-2-9-3-10(6-12)13(9,5-8)7-12/h8-10H,2-7H2,1H3. The molecule has 0 N–H and O–H groups in total. The zero-order valence-electron chi connectivity index (χ0n) is 9.29. The summed E-state index contributed by atoms with van der Waals surface area (Å²) >= 11 is 0. The molecular formula is C13H18O2. The smallest absolute Gasteiger partial charge is 0.311 e. The average Bonchev–Trinajstić information content (AvgIpc) is 2.54. The van der Waals surface area contributed by atoms with Gasteiger partial charge >= 0.3 is 5.97 Å². The van der Waals surface area contributed by atoms with Gasteiger partial charge in [-0.05, 0) is 61.7 Å². The van der Waals surface area contributed by atoms with E-state index >= 15 is 0 Å². The second-order valence-corrected chi connectivity index (χ2v) is 6.53. The molecule has 1 spiro atoms. The summed E-state index contributed by atoms with van der Waals surface area (Å²) in [5.41, 5.74) is 0.560. The minimum absolute atomic E-state index is 0.0480. The molecule has 5 atom stereocenters. The van der Waals surface area contributed by atoms with Gasteiger partial charge in [-0.3, -0.25) is 4.79 Å². The molecule has 0 radical (unpaired) electrons. The van der Waals surface area contributed by atoms with Gasteiger partial charge in [-0.2, -0.15) is 0 Å². The Morgan fingerprint density at radius 1 is 1.20 bits per heavy atom. The van der Waals surface area contributed by atoms with Crippen molar-refractivity contribution in [1.29, 1.82) is 0 Å². The minimum Gasteiger partial charge on any atom is -0.469 e. The Labute approximate surface area is 90.4 Å². The lowest BCUT2D eigenvalue weighted by atomic mass is 9.55. The number of esters is 1. The fraction of sp³-hybridized carbons (Fsp3) is 0.923. The maximum Gasteiger partial charge on any atom is 0.311 e.